The fourth-order valence-electron chi connectivity index (χ4n) is 6.69. The van der Waals surface area contributed by atoms with Crippen LogP contribution in [0.25, 0.3) is 89.3 Å². The summed E-state index contributed by atoms with van der Waals surface area (Å²) in [4.78, 5) is 15.3. The van der Waals surface area contributed by atoms with Crippen LogP contribution in [0.1, 0.15) is 0 Å². The third kappa shape index (κ3) is 7.24. The number of pyridine rings is 1. The number of nitrogens with zero attached hydrogens (tertiary/aromatic N) is 3. The summed E-state index contributed by atoms with van der Waals surface area (Å²) >= 11 is 0. The van der Waals surface area contributed by atoms with Crippen molar-refractivity contribution >= 4 is 10.8 Å². The zero-order valence-electron chi connectivity index (χ0n) is 28.7. The first-order valence-corrected chi connectivity index (χ1v) is 17.4. The Morgan fingerprint density at radius 1 is 0.340 bits per heavy atom. The summed E-state index contributed by atoms with van der Waals surface area (Å²) in [5.41, 5.74) is 13.3. The van der Waals surface area contributed by atoms with Crippen LogP contribution in [0, 0.1) is 6.07 Å². The van der Waals surface area contributed by atoms with Gasteiger partial charge in [0.15, 0.2) is 0 Å². The van der Waals surface area contributed by atoms with Gasteiger partial charge in [0.2, 0.25) is 0 Å². The smallest absolute Gasteiger partial charge is 0.142 e. The minimum Gasteiger partial charge on any atom is -0.304 e. The van der Waals surface area contributed by atoms with E-state index in [0.29, 0.717) is 5.82 Å². The molecule has 0 saturated heterocycles. The second-order valence-corrected chi connectivity index (χ2v) is 12.8. The minimum absolute atomic E-state index is 0. The zero-order valence-corrected chi connectivity index (χ0v) is 31.0. The van der Waals surface area contributed by atoms with Gasteiger partial charge in [0.05, 0.1) is 11.4 Å². The molecule has 0 aliphatic rings. The SMILES string of the molecule is [Ir].[c-]1ccc(-c2nc(-c3ccc(-c4ccccc4)cc3)cc(-c3cc(-c4ccccc4)cc(-c4ccccc4)c3)n2)cc1-c1cc2ccccc2cn1. The maximum Gasteiger partial charge on any atom is 0.142 e. The summed E-state index contributed by atoms with van der Waals surface area (Å²) in [6.07, 6.45) is 1.92. The Hall–Kier alpha value is -6.32. The van der Waals surface area contributed by atoms with Gasteiger partial charge in [-0.3, -0.25) is 0 Å². The molecule has 0 unspecified atom stereocenters. The molecule has 0 aliphatic heterocycles. The second kappa shape index (κ2) is 15.1. The molecule has 9 rings (SSSR count). The Bertz CT molecular complexity index is 2600. The van der Waals surface area contributed by atoms with E-state index in [1.54, 1.807) is 0 Å². The fraction of sp³-hybridized carbons (Fsp3) is 0. The molecular formula is C49H32IrN3-. The summed E-state index contributed by atoms with van der Waals surface area (Å²) in [5.74, 6) is 0.641. The van der Waals surface area contributed by atoms with Crippen molar-refractivity contribution in [1.29, 1.82) is 0 Å². The van der Waals surface area contributed by atoms with Crippen molar-refractivity contribution in [1.82, 2.24) is 15.0 Å². The second-order valence-electron chi connectivity index (χ2n) is 12.8. The van der Waals surface area contributed by atoms with E-state index in [0.717, 1.165) is 77.9 Å². The standard InChI is InChI=1S/C49H32N3.Ir/c1-4-13-34(14-5-1)37-23-25-38(26-24-37)47-32-48(45-29-43(35-15-6-2-7-16-35)28-44(30-45)36-17-8-3-9-18-36)52-49(51-47)41-22-12-21-40(27-41)46-31-39-19-10-11-20-42(39)33-50-46;/h1-20,22-33H;/q-1;. The van der Waals surface area contributed by atoms with Crippen LogP contribution in [0.3, 0.4) is 0 Å². The Kier molecular flexibility index (Phi) is 9.64. The maximum atomic E-state index is 5.27. The van der Waals surface area contributed by atoms with Crippen molar-refractivity contribution in [2.45, 2.75) is 0 Å². The molecule has 2 heterocycles. The molecule has 0 aliphatic carbocycles. The van der Waals surface area contributed by atoms with Crippen molar-refractivity contribution in [3.63, 3.8) is 0 Å². The van der Waals surface area contributed by atoms with E-state index in [2.05, 4.69) is 170 Å². The minimum atomic E-state index is 0. The van der Waals surface area contributed by atoms with E-state index in [-0.39, 0.29) is 20.1 Å². The number of fused-ring (bicyclic) bond motifs is 1. The number of benzene rings is 7. The Labute approximate surface area is 323 Å². The zero-order chi connectivity index (χ0) is 34.7. The van der Waals surface area contributed by atoms with Crippen molar-refractivity contribution in [2.24, 2.45) is 0 Å². The monoisotopic (exact) mass is 855 g/mol. The van der Waals surface area contributed by atoms with E-state index in [9.17, 15) is 0 Å². The maximum absolute atomic E-state index is 5.27. The Balaban J connectivity index is 0.00000400. The molecule has 1 radical (unpaired) electrons. The molecule has 0 amide bonds. The molecule has 0 N–H and O–H groups in total. The van der Waals surface area contributed by atoms with Crippen LogP contribution in [-0.4, -0.2) is 15.0 Å². The molecule has 53 heavy (non-hydrogen) atoms. The largest absolute Gasteiger partial charge is 0.304 e. The molecule has 0 atom stereocenters. The van der Waals surface area contributed by atoms with E-state index >= 15 is 0 Å². The van der Waals surface area contributed by atoms with Crippen LogP contribution >= 0.6 is 0 Å². The summed E-state index contributed by atoms with van der Waals surface area (Å²) in [6.45, 7) is 0. The van der Waals surface area contributed by atoms with Gasteiger partial charge >= 0.3 is 0 Å². The van der Waals surface area contributed by atoms with Crippen molar-refractivity contribution in [3.8, 4) is 78.5 Å². The Morgan fingerprint density at radius 3 is 1.45 bits per heavy atom. The molecule has 0 spiro atoms. The molecule has 3 nitrogen and oxygen atoms in total. The van der Waals surface area contributed by atoms with Gasteiger partial charge in [-0.1, -0.05) is 151 Å². The van der Waals surface area contributed by atoms with Gasteiger partial charge in [0, 0.05) is 37.4 Å². The summed E-state index contributed by atoms with van der Waals surface area (Å²) in [6, 6.07) is 68.8. The van der Waals surface area contributed by atoms with Crippen LogP contribution in [0.5, 0.6) is 0 Å². The summed E-state index contributed by atoms with van der Waals surface area (Å²) in [7, 11) is 0. The molecular weight excluding hydrogens is 823 g/mol. The predicted molar refractivity (Wildman–Crippen MR) is 214 cm³/mol. The first kappa shape index (κ1) is 33.8. The van der Waals surface area contributed by atoms with Gasteiger partial charge in [-0.05, 0) is 74.1 Å². The summed E-state index contributed by atoms with van der Waals surface area (Å²) in [5, 5.41) is 2.24. The van der Waals surface area contributed by atoms with Crippen LogP contribution in [0.4, 0.5) is 0 Å². The van der Waals surface area contributed by atoms with E-state index in [1.165, 1.54) is 5.56 Å². The van der Waals surface area contributed by atoms with Crippen molar-refractivity contribution in [2.75, 3.05) is 0 Å². The summed E-state index contributed by atoms with van der Waals surface area (Å²) < 4.78 is 0. The van der Waals surface area contributed by atoms with Gasteiger partial charge in [-0.15, -0.1) is 29.8 Å². The number of hydrogen-bond acceptors (Lipinski definition) is 3. The quantitative estimate of drug-likeness (QED) is 0.150. The molecule has 2 aromatic heterocycles. The number of aromatic nitrogens is 3. The first-order chi connectivity index (χ1) is 25.7. The van der Waals surface area contributed by atoms with Crippen LogP contribution in [0.2, 0.25) is 0 Å². The van der Waals surface area contributed by atoms with E-state index in [4.69, 9.17) is 15.0 Å². The Morgan fingerprint density at radius 2 is 0.830 bits per heavy atom. The molecule has 0 saturated carbocycles. The molecule has 4 heteroatoms. The molecule has 9 aromatic rings. The van der Waals surface area contributed by atoms with Crippen LogP contribution in [0.15, 0.2) is 194 Å². The van der Waals surface area contributed by atoms with E-state index in [1.807, 2.05) is 30.5 Å². The third-order valence-electron chi connectivity index (χ3n) is 9.42. The van der Waals surface area contributed by atoms with Crippen LogP contribution < -0.4 is 0 Å². The molecule has 7 aromatic carbocycles. The average molecular weight is 855 g/mol. The topological polar surface area (TPSA) is 38.7 Å². The fourth-order valence-corrected chi connectivity index (χ4v) is 6.69. The first-order valence-electron chi connectivity index (χ1n) is 17.4. The van der Waals surface area contributed by atoms with Gasteiger partial charge < -0.3 is 4.98 Å². The molecule has 0 fully saturated rings. The van der Waals surface area contributed by atoms with Gasteiger partial charge in [-0.2, -0.15) is 0 Å². The number of rotatable bonds is 7. The van der Waals surface area contributed by atoms with E-state index < -0.39 is 0 Å². The molecule has 0 bridgehead atoms. The van der Waals surface area contributed by atoms with Crippen molar-refractivity contribution < 1.29 is 20.1 Å². The molecule has 253 valence electrons. The van der Waals surface area contributed by atoms with Gasteiger partial charge in [-0.25, -0.2) is 9.97 Å². The van der Waals surface area contributed by atoms with Crippen LogP contribution in [-0.2, 0) is 20.1 Å². The van der Waals surface area contributed by atoms with Crippen molar-refractivity contribution in [3.05, 3.63) is 200 Å². The average Bonchev–Trinajstić information content (AvgIpc) is 3.24. The number of hydrogen-bond donors (Lipinski definition) is 0. The predicted octanol–water partition coefficient (Wildman–Crippen LogP) is 12.5. The van der Waals surface area contributed by atoms with Gasteiger partial charge in [0.25, 0.3) is 0 Å². The third-order valence-corrected chi connectivity index (χ3v) is 9.42. The normalized spacial score (nSPS) is 10.9. The van der Waals surface area contributed by atoms with Gasteiger partial charge in [0.1, 0.15) is 5.82 Å².